The zero-order chi connectivity index (χ0) is 22.6. The summed E-state index contributed by atoms with van der Waals surface area (Å²) in [5.41, 5.74) is 2.27. The third kappa shape index (κ3) is 5.13. The minimum Gasteiger partial charge on any atom is -0.348 e. The summed E-state index contributed by atoms with van der Waals surface area (Å²) >= 11 is 1.57. The summed E-state index contributed by atoms with van der Waals surface area (Å²) < 4.78 is 1.79. The predicted octanol–water partition coefficient (Wildman–Crippen LogP) is 3.48. The lowest BCUT2D eigenvalue weighted by atomic mass is 10.0. The molecule has 2 amide bonds. The maximum atomic E-state index is 12.8. The molecule has 172 valence electrons. The van der Waals surface area contributed by atoms with E-state index in [1.165, 1.54) is 12.8 Å². The number of carbonyl (C=O) groups excluding carboxylic acids is 2. The van der Waals surface area contributed by atoms with E-state index in [0.717, 1.165) is 41.9 Å². The Morgan fingerprint density at radius 1 is 1.06 bits per heavy atom. The predicted molar refractivity (Wildman–Crippen MR) is 126 cm³/mol. The van der Waals surface area contributed by atoms with Crippen LogP contribution in [0.4, 0.5) is 0 Å². The zero-order valence-electron chi connectivity index (χ0n) is 18.5. The van der Waals surface area contributed by atoms with Crippen LogP contribution in [0.5, 0.6) is 0 Å². The fraction of sp³-hybridized carbons (Fsp3) is 0.458. The van der Waals surface area contributed by atoms with Crippen molar-refractivity contribution in [3.63, 3.8) is 0 Å². The number of nitrogens with zero attached hydrogens (tertiary/aromatic N) is 5. The largest absolute Gasteiger partial charge is 0.348 e. The fourth-order valence-electron chi connectivity index (χ4n) is 4.64. The molecule has 0 radical (unpaired) electrons. The van der Waals surface area contributed by atoms with Crippen molar-refractivity contribution in [3.8, 4) is 10.6 Å². The highest BCUT2D eigenvalue weighted by atomic mass is 32.1. The van der Waals surface area contributed by atoms with Crippen LogP contribution in [0.1, 0.15) is 60.7 Å². The second-order valence-electron chi connectivity index (χ2n) is 8.84. The van der Waals surface area contributed by atoms with Gasteiger partial charge >= 0.3 is 0 Å². The number of aromatic nitrogens is 4. The minimum atomic E-state index is -0.140. The Labute approximate surface area is 197 Å². The normalized spacial score (nSPS) is 17.4. The van der Waals surface area contributed by atoms with Crippen LogP contribution >= 0.6 is 11.3 Å². The van der Waals surface area contributed by atoms with Gasteiger partial charge in [0.25, 0.3) is 5.91 Å². The molecule has 1 aromatic carbocycles. The van der Waals surface area contributed by atoms with Crippen LogP contribution in [0.15, 0.2) is 41.9 Å². The van der Waals surface area contributed by atoms with Crippen LogP contribution in [-0.2, 0) is 11.2 Å². The number of piperidine rings is 1. The molecule has 3 heterocycles. The molecule has 0 unspecified atom stereocenters. The molecular formula is C24H28N6O2S. The number of benzene rings is 1. The third-order valence-electron chi connectivity index (χ3n) is 6.53. The summed E-state index contributed by atoms with van der Waals surface area (Å²) in [7, 11) is 0. The van der Waals surface area contributed by atoms with Crippen molar-refractivity contribution >= 4 is 23.2 Å². The van der Waals surface area contributed by atoms with Gasteiger partial charge in [0.1, 0.15) is 5.01 Å². The van der Waals surface area contributed by atoms with Gasteiger partial charge in [0.15, 0.2) is 5.69 Å². The first kappa shape index (κ1) is 21.8. The second-order valence-corrected chi connectivity index (χ2v) is 9.70. The molecule has 0 spiro atoms. The van der Waals surface area contributed by atoms with Crippen molar-refractivity contribution in [1.82, 2.24) is 30.2 Å². The summed E-state index contributed by atoms with van der Waals surface area (Å²) in [6, 6.07) is 10.4. The van der Waals surface area contributed by atoms with Gasteiger partial charge in [-0.3, -0.25) is 9.59 Å². The molecule has 5 rings (SSSR count). The molecule has 33 heavy (non-hydrogen) atoms. The summed E-state index contributed by atoms with van der Waals surface area (Å²) in [5, 5.41) is 14.3. The van der Waals surface area contributed by atoms with Crippen LogP contribution in [0.3, 0.4) is 0 Å². The van der Waals surface area contributed by atoms with Crippen LogP contribution in [-0.4, -0.2) is 55.8 Å². The zero-order valence-corrected chi connectivity index (χ0v) is 19.3. The summed E-state index contributed by atoms with van der Waals surface area (Å²) in [4.78, 5) is 31.8. The number of amides is 2. The van der Waals surface area contributed by atoms with Crippen molar-refractivity contribution in [2.75, 3.05) is 13.1 Å². The molecule has 2 aromatic heterocycles. The van der Waals surface area contributed by atoms with Crippen molar-refractivity contribution in [3.05, 3.63) is 53.3 Å². The van der Waals surface area contributed by atoms with E-state index in [9.17, 15) is 9.59 Å². The van der Waals surface area contributed by atoms with E-state index in [1.54, 1.807) is 22.2 Å². The molecule has 1 N–H and O–H groups in total. The molecule has 0 bridgehead atoms. The first-order valence-corrected chi connectivity index (χ1v) is 12.5. The van der Waals surface area contributed by atoms with E-state index in [-0.39, 0.29) is 23.9 Å². The molecule has 2 aliphatic rings. The van der Waals surface area contributed by atoms with Crippen molar-refractivity contribution in [1.29, 1.82) is 0 Å². The maximum absolute atomic E-state index is 12.8. The Morgan fingerprint density at radius 2 is 1.82 bits per heavy atom. The molecule has 1 saturated heterocycles. The number of likely N-dealkylation sites (tertiary alicyclic amines) is 1. The van der Waals surface area contributed by atoms with E-state index in [4.69, 9.17) is 0 Å². The highest BCUT2D eigenvalue weighted by Gasteiger charge is 2.26. The van der Waals surface area contributed by atoms with Gasteiger partial charge in [-0.05, 0) is 25.7 Å². The number of hydrogen-bond acceptors (Lipinski definition) is 6. The highest BCUT2D eigenvalue weighted by molar-refractivity contribution is 7.13. The van der Waals surface area contributed by atoms with Crippen LogP contribution in [0.2, 0.25) is 0 Å². The average molecular weight is 465 g/mol. The monoisotopic (exact) mass is 464 g/mol. The van der Waals surface area contributed by atoms with E-state index in [1.807, 2.05) is 40.6 Å². The Morgan fingerprint density at radius 3 is 2.58 bits per heavy atom. The molecular weight excluding hydrogens is 436 g/mol. The summed E-state index contributed by atoms with van der Waals surface area (Å²) in [5.74, 6) is -0.0347. The first-order chi connectivity index (χ1) is 16.2. The summed E-state index contributed by atoms with van der Waals surface area (Å²) in [6.45, 7) is 1.34. The third-order valence-corrected chi connectivity index (χ3v) is 7.47. The van der Waals surface area contributed by atoms with Gasteiger partial charge in [-0.1, -0.05) is 48.4 Å². The molecule has 1 saturated carbocycles. The molecule has 2 fully saturated rings. The number of thiazole rings is 1. The van der Waals surface area contributed by atoms with Gasteiger partial charge in [-0.15, -0.1) is 16.4 Å². The van der Waals surface area contributed by atoms with Gasteiger partial charge in [-0.2, -0.15) is 0 Å². The maximum Gasteiger partial charge on any atom is 0.273 e. The SMILES string of the molecule is O=C(NC1CCCC1)c1cn(C2CCN(C(=O)Cc3csc(-c4ccccc4)n3)CC2)nn1. The number of carbonyl (C=O) groups is 2. The van der Waals surface area contributed by atoms with Crippen molar-refractivity contribution < 1.29 is 9.59 Å². The van der Waals surface area contributed by atoms with E-state index in [0.29, 0.717) is 25.2 Å². The lowest BCUT2D eigenvalue weighted by molar-refractivity contribution is -0.131. The smallest absolute Gasteiger partial charge is 0.273 e. The van der Waals surface area contributed by atoms with Crippen molar-refractivity contribution in [2.24, 2.45) is 0 Å². The van der Waals surface area contributed by atoms with Crippen LogP contribution < -0.4 is 5.32 Å². The Bertz CT molecular complexity index is 1100. The van der Waals surface area contributed by atoms with Gasteiger partial charge in [0.05, 0.1) is 24.4 Å². The van der Waals surface area contributed by atoms with Gasteiger partial charge in [0, 0.05) is 30.1 Å². The minimum absolute atomic E-state index is 0.105. The number of hydrogen-bond donors (Lipinski definition) is 1. The average Bonchev–Trinajstić information content (AvgIpc) is 3.62. The van der Waals surface area contributed by atoms with E-state index < -0.39 is 0 Å². The Hall–Kier alpha value is -3.07. The quantitative estimate of drug-likeness (QED) is 0.603. The van der Waals surface area contributed by atoms with Gasteiger partial charge in [0.2, 0.25) is 5.91 Å². The number of nitrogens with one attached hydrogen (secondary N) is 1. The standard InChI is InChI=1S/C24H28N6O2S/c31-22(14-19-16-33-24(26-19)17-6-2-1-3-7-17)29-12-10-20(11-13-29)30-15-21(27-28-30)23(32)25-18-8-4-5-9-18/h1-3,6-7,15-16,18,20H,4-5,8-14H2,(H,25,32). The molecule has 1 aliphatic heterocycles. The fourth-order valence-corrected chi connectivity index (χ4v) is 5.46. The van der Waals surface area contributed by atoms with Gasteiger partial charge < -0.3 is 10.2 Å². The lowest BCUT2D eigenvalue weighted by Crippen LogP contribution is -2.40. The first-order valence-electron chi connectivity index (χ1n) is 11.7. The van der Waals surface area contributed by atoms with Crippen molar-refractivity contribution in [2.45, 2.75) is 57.0 Å². The molecule has 0 atom stereocenters. The Kier molecular flexibility index (Phi) is 6.48. The topological polar surface area (TPSA) is 93.0 Å². The van der Waals surface area contributed by atoms with Gasteiger partial charge in [-0.25, -0.2) is 9.67 Å². The Balaban J connectivity index is 1.12. The van der Waals surface area contributed by atoms with E-state index in [2.05, 4.69) is 20.6 Å². The molecule has 1 aliphatic carbocycles. The molecule has 3 aromatic rings. The lowest BCUT2D eigenvalue weighted by Gasteiger charge is -2.31. The number of rotatable bonds is 6. The van der Waals surface area contributed by atoms with Crippen LogP contribution in [0.25, 0.3) is 10.6 Å². The summed E-state index contributed by atoms with van der Waals surface area (Å²) in [6.07, 6.45) is 8.09. The van der Waals surface area contributed by atoms with Crippen LogP contribution in [0, 0.1) is 0 Å². The van der Waals surface area contributed by atoms with E-state index >= 15 is 0 Å². The highest BCUT2D eigenvalue weighted by Crippen LogP contribution is 2.25. The second kappa shape index (κ2) is 9.82. The molecule has 9 heteroatoms. The molecule has 8 nitrogen and oxygen atoms in total.